The van der Waals surface area contributed by atoms with Crippen LogP contribution >= 0.6 is 0 Å². The molecule has 2 saturated carbocycles. The first-order valence-electron chi connectivity index (χ1n) is 6.48. The van der Waals surface area contributed by atoms with Gasteiger partial charge in [-0.25, -0.2) is 0 Å². The van der Waals surface area contributed by atoms with Gasteiger partial charge in [0.2, 0.25) is 0 Å². The molecule has 82 valence electrons. The van der Waals surface area contributed by atoms with Crippen molar-refractivity contribution in [3.63, 3.8) is 0 Å². The molecule has 14 heavy (non-hydrogen) atoms. The molecular formula is C13H25N. The van der Waals surface area contributed by atoms with Gasteiger partial charge in [0.15, 0.2) is 0 Å². The third kappa shape index (κ3) is 2.73. The van der Waals surface area contributed by atoms with Gasteiger partial charge < -0.3 is 5.73 Å². The largest absolute Gasteiger partial charge is 0.325 e. The summed E-state index contributed by atoms with van der Waals surface area (Å²) in [4.78, 5) is 0. The summed E-state index contributed by atoms with van der Waals surface area (Å²) in [5.74, 6) is 1.95. The Balaban J connectivity index is 1.68. The van der Waals surface area contributed by atoms with Gasteiger partial charge in [0.1, 0.15) is 0 Å². The lowest BCUT2D eigenvalue weighted by atomic mass is 9.78. The van der Waals surface area contributed by atoms with Crippen LogP contribution in [0.2, 0.25) is 0 Å². The lowest BCUT2D eigenvalue weighted by Gasteiger charge is -2.28. The first kappa shape index (κ1) is 10.5. The quantitative estimate of drug-likeness (QED) is 0.730. The van der Waals surface area contributed by atoms with Crippen LogP contribution in [0, 0.1) is 11.8 Å². The highest BCUT2D eigenvalue weighted by atomic mass is 14.8. The molecule has 1 nitrogen and oxygen atoms in total. The topological polar surface area (TPSA) is 26.0 Å². The maximum atomic E-state index is 6.12. The van der Waals surface area contributed by atoms with Crippen LogP contribution in [-0.4, -0.2) is 5.54 Å². The first-order valence-corrected chi connectivity index (χ1v) is 6.48. The molecular weight excluding hydrogens is 170 g/mol. The van der Waals surface area contributed by atoms with Crippen LogP contribution in [0.4, 0.5) is 0 Å². The molecule has 0 saturated heterocycles. The van der Waals surface area contributed by atoms with Gasteiger partial charge in [0.25, 0.3) is 0 Å². The Hall–Kier alpha value is -0.0400. The molecule has 0 aromatic heterocycles. The standard InChI is InChI=1S/C13H25N/c1-11(7-8-13(14)9-10-13)12-5-3-2-4-6-12/h11-12H,2-10,14H2,1H3. The van der Waals surface area contributed by atoms with Crippen molar-refractivity contribution in [1.29, 1.82) is 0 Å². The molecule has 0 aromatic rings. The number of rotatable bonds is 4. The van der Waals surface area contributed by atoms with Crippen molar-refractivity contribution >= 4 is 0 Å². The van der Waals surface area contributed by atoms with E-state index in [0.717, 1.165) is 11.8 Å². The normalized spacial score (nSPS) is 28.7. The zero-order valence-electron chi connectivity index (χ0n) is 9.60. The predicted molar refractivity (Wildman–Crippen MR) is 61.1 cm³/mol. The summed E-state index contributed by atoms with van der Waals surface area (Å²) < 4.78 is 0. The minimum Gasteiger partial charge on any atom is -0.325 e. The second-order valence-corrected chi connectivity index (χ2v) is 5.78. The Kier molecular flexibility index (Phi) is 3.16. The molecule has 2 fully saturated rings. The summed E-state index contributed by atoms with van der Waals surface area (Å²) in [7, 11) is 0. The summed E-state index contributed by atoms with van der Waals surface area (Å²) in [6.45, 7) is 2.45. The summed E-state index contributed by atoms with van der Waals surface area (Å²) in [5, 5.41) is 0. The minimum absolute atomic E-state index is 0.281. The van der Waals surface area contributed by atoms with E-state index < -0.39 is 0 Å². The Morgan fingerprint density at radius 1 is 1.21 bits per heavy atom. The van der Waals surface area contributed by atoms with Crippen LogP contribution in [0.5, 0.6) is 0 Å². The molecule has 0 bridgehead atoms. The summed E-state index contributed by atoms with van der Waals surface area (Å²) in [6.07, 6.45) is 12.6. The molecule has 0 heterocycles. The molecule has 1 atom stereocenters. The molecule has 1 unspecified atom stereocenters. The maximum absolute atomic E-state index is 6.12. The van der Waals surface area contributed by atoms with Crippen molar-refractivity contribution in [2.75, 3.05) is 0 Å². The number of hydrogen-bond donors (Lipinski definition) is 1. The fourth-order valence-corrected chi connectivity index (χ4v) is 2.86. The Labute approximate surface area is 88.4 Å². The second-order valence-electron chi connectivity index (χ2n) is 5.78. The molecule has 2 rings (SSSR count). The minimum atomic E-state index is 0.281. The lowest BCUT2D eigenvalue weighted by Crippen LogP contribution is -2.24. The van der Waals surface area contributed by atoms with Crippen molar-refractivity contribution in [3.05, 3.63) is 0 Å². The fraction of sp³-hybridized carbons (Fsp3) is 1.00. The Morgan fingerprint density at radius 3 is 2.43 bits per heavy atom. The number of nitrogens with two attached hydrogens (primary N) is 1. The van der Waals surface area contributed by atoms with Gasteiger partial charge in [-0.3, -0.25) is 0 Å². The third-order valence-electron chi connectivity index (χ3n) is 4.44. The third-order valence-corrected chi connectivity index (χ3v) is 4.44. The number of hydrogen-bond acceptors (Lipinski definition) is 1. The SMILES string of the molecule is CC(CCC1(N)CC1)C1CCCCC1. The smallest absolute Gasteiger partial charge is 0.0155 e. The molecule has 0 spiro atoms. The molecule has 0 aromatic carbocycles. The van der Waals surface area contributed by atoms with E-state index in [1.165, 1.54) is 57.8 Å². The van der Waals surface area contributed by atoms with Crippen molar-refractivity contribution < 1.29 is 0 Å². The van der Waals surface area contributed by atoms with E-state index in [1.54, 1.807) is 0 Å². The lowest BCUT2D eigenvalue weighted by molar-refractivity contribution is 0.243. The monoisotopic (exact) mass is 195 g/mol. The molecule has 0 radical (unpaired) electrons. The second kappa shape index (κ2) is 4.22. The molecule has 2 N–H and O–H groups in total. The van der Waals surface area contributed by atoms with Crippen LogP contribution < -0.4 is 5.73 Å². The van der Waals surface area contributed by atoms with E-state index in [-0.39, 0.29) is 5.54 Å². The maximum Gasteiger partial charge on any atom is 0.0155 e. The molecule has 0 aliphatic heterocycles. The van der Waals surface area contributed by atoms with E-state index in [0.29, 0.717) is 0 Å². The van der Waals surface area contributed by atoms with Crippen LogP contribution in [0.3, 0.4) is 0 Å². The van der Waals surface area contributed by atoms with Crippen molar-refractivity contribution in [1.82, 2.24) is 0 Å². The van der Waals surface area contributed by atoms with Gasteiger partial charge >= 0.3 is 0 Å². The van der Waals surface area contributed by atoms with Crippen LogP contribution in [0.1, 0.15) is 64.7 Å². The summed E-state index contributed by atoms with van der Waals surface area (Å²) in [6, 6.07) is 0. The first-order chi connectivity index (χ1) is 6.70. The van der Waals surface area contributed by atoms with Gasteiger partial charge in [-0.1, -0.05) is 39.0 Å². The zero-order chi connectivity index (χ0) is 10.0. The summed E-state index contributed by atoms with van der Waals surface area (Å²) >= 11 is 0. The van der Waals surface area contributed by atoms with E-state index in [4.69, 9.17) is 5.73 Å². The van der Waals surface area contributed by atoms with Crippen LogP contribution in [-0.2, 0) is 0 Å². The molecule has 1 heteroatoms. The molecule has 0 amide bonds. The van der Waals surface area contributed by atoms with E-state index in [1.807, 2.05) is 0 Å². The highest BCUT2D eigenvalue weighted by molar-refractivity contribution is 4.98. The van der Waals surface area contributed by atoms with Gasteiger partial charge in [-0.15, -0.1) is 0 Å². The zero-order valence-corrected chi connectivity index (χ0v) is 9.60. The highest BCUT2D eigenvalue weighted by Gasteiger charge is 2.38. The van der Waals surface area contributed by atoms with Crippen molar-refractivity contribution in [3.8, 4) is 0 Å². The highest BCUT2D eigenvalue weighted by Crippen LogP contribution is 2.40. The van der Waals surface area contributed by atoms with Gasteiger partial charge in [-0.05, 0) is 37.5 Å². The fourth-order valence-electron chi connectivity index (χ4n) is 2.86. The van der Waals surface area contributed by atoms with E-state index in [9.17, 15) is 0 Å². The van der Waals surface area contributed by atoms with E-state index >= 15 is 0 Å². The van der Waals surface area contributed by atoms with E-state index in [2.05, 4.69) is 6.92 Å². The summed E-state index contributed by atoms with van der Waals surface area (Å²) in [5.41, 5.74) is 6.41. The van der Waals surface area contributed by atoms with Gasteiger partial charge in [-0.2, -0.15) is 0 Å². The Morgan fingerprint density at radius 2 is 1.86 bits per heavy atom. The van der Waals surface area contributed by atoms with Gasteiger partial charge in [0, 0.05) is 5.54 Å². The van der Waals surface area contributed by atoms with Crippen molar-refractivity contribution in [2.45, 2.75) is 70.3 Å². The average Bonchev–Trinajstić information content (AvgIpc) is 2.95. The van der Waals surface area contributed by atoms with Crippen molar-refractivity contribution in [2.24, 2.45) is 17.6 Å². The molecule has 2 aliphatic rings. The predicted octanol–water partition coefficient (Wildman–Crippen LogP) is 3.47. The molecule has 2 aliphatic carbocycles. The average molecular weight is 195 g/mol. The van der Waals surface area contributed by atoms with Gasteiger partial charge in [0.05, 0.1) is 0 Å². The van der Waals surface area contributed by atoms with Crippen LogP contribution in [0.25, 0.3) is 0 Å². The Bertz CT molecular complexity index is 178. The van der Waals surface area contributed by atoms with Crippen LogP contribution in [0.15, 0.2) is 0 Å².